The molecule has 1 spiro atoms. The standard InChI is InChI=1S/C51H72F2O17/c1-22-10-15-51(63-20-22)23(2)36-33(70-51)18-31-28-8-6-25-16-27(11-13-49(25,4)30(28)12-14-50(31,36)5)65-48-44(69-46-41(59)39(57)37(55)24(3)64-46)42(60)43(34(19-54)66-48)68-47-40(58)38(56)35(67-47)21-62-45(61)29-9-7-26(52)17-32(29)53/h6-7,9,17,22-24,27-28,30-31,33-44,46-48,54-60H,8,10-16,18-21H2,1-5H3/t22-,23?,24+,27+,28?,30?,31?,33?,34-,35+,36?,37+,38+,39-,40-,41-,42+,43-,44-,46?,47?,48-,49+,50+,51-/m1/s1. The van der Waals surface area contributed by atoms with Gasteiger partial charge >= 0.3 is 5.97 Å². The Labute approximate surface area is 406 Å². The van der Waals surface area contributed by atoms with Crippen molar-refractivity contribution in [3.05, 3.63) is 47.0 Å². The minimum atomic E-state index is -1.79. The van der Waals surface area contributed by atoms with E-state index in [-0.39, 0.29) is 16.9 Å². The molecule has 0 amide bonds. The Hall–Kier alpha value is -2.31. The number of carbonyl (C=O) groups excluding carboxylic acids is 1. The number of rotatable bonds is 10. The number of fused-ring (bicyclic) bond motifs is 7. The van der Waals surface area contributed by atoms with Gasteiger partial charge in [-0.05, 0) is 111 Å². The minimum absolute atomic E-state index is 0.0687. The summed E-state index contributed by atoms with van der Waals surface area (Å²) < 4.78 is 83.1. The molecule has 5 saturated heterocycles. The molecule has 9 aliphatic rings. The molecule has 1 aromatic carbocycles. The predicted molar refractivity (Wildman–Crippen MR) is 238 cm³/mol. The number of aliphatic hydroxyl groups excluding tert-OH is 7. The molecule has 8 unspecified atom stereocenters. The number of carbonyl (C=O) groups is 1. The van der Waals surface area contributed by atoms with Crippen molar-refractivity contribution in [3.8, 4) is 0 Å². The minimum Gasteiger partial charge on any atom is -0.459 e. The predicted octanol–water partition coefficient (Wildman–Crippen LogP) is 3.00. The second-order valence-electron chi connectivity index (χ2n) is 22.6. The zero-order valence-corrected chi connectivity index (χ0v) is 40.5. The second kappa shape index (κ2) is 19.4. The Morgan fingerprint density at radius 2 is 1.51 bits per heavy atom. The Bertz CT molecular complexity index is 2090. The van der Waals surface area contributed by atoms with E-state index in [1.807, 2.05) is 0 Å². The van der Waals surface area contributed by atoms with E-state index in [4.69, 9.17) is 42.6 Å². The maximum Gasteiger partial charge on any atom is 0.341 e. The molecule has 70 heavy (non-hydrogen) atoms. The van der Waals surface area contributed by atoms with Crippen LogP contribution in [0.5, 0.6) is 0 Å². The summed E-state index contributed by atoms with van der Waals surface area (Å²) in [5.74, 6) is -0.850. The fourth-order valence-corrected chi connectivity index (χ4v) is 14.7. The summed E-state index contributed by atoms with van der Waals surface area (Å²) >= 11 is 0. The van der Waals surface area contributed by atoms with E-state index < -0.39 is 134 Å². The summed E-state index contributed by atoms with van der Waals surface area (Å²) in [7, 11) is 0. The van der Waals surface area contributed by atoms with E-state index in [1.54, 1.807) is 0 Å². The smallest absolute Gasteiger partial charge is 0.341 e. The number of halogens is 2. The molecular weight excluding hydrogens is 923 g/mol. The molecule has 4 aliphatic carbocycles. The van der Waals surface area contributed by atoms with E-state index in [0.29, 0.717) is 54.4 Å². The molecule has 0 bridgehead atoms. The van der Waals surface area contributed by atoms with E-state index in [2.05, 4.69) is 33.8 Å². The quantitative estimate of drug-likeness (QED) is 0.132. The van der Waals surface area contributed by atoms with E-state index in [9.17, 15) is 49.3 Å². The molecule has 1 aromatic rings. The first-order valence-corrected chi connectivity index (χ1v) is 25.5. The normalized spacial score (nSPS) is 51.0. The van der Waals surface area contributed by atoms with Gasteiger partial charge in [0.05, 0.1) is 37.1 Å². The summed E-state index contributed by atoms with van der Waals surface area (Å²) in [6.07, 6.45) is -11.1. The topological polar surface area (TPSA) is 242 Å². The van der Waals surface area contributed by atoms with Crippen LogP contribution in [0.25, 0.3) is 0 Å². The van der Waals surface area contributed by atoms with Gasteiger partial charge in [0.2, 0.25) is 0 Å². The lowest BCUT2D eigenvalue weighted by Gasteiger charge is -2.58. The van der Waals surface area contributed by atoms with Gasteiger partial charge in [-0.1, -0.05) is 39.3 Å². The summed E-state index contributed by atoms with van der Waals surface area (Å²) in [4.78, 5) is 12.6. The van der Waals surface area contributed by atoms with Gasteiger partial charge in [0.1, 0.15) is 79.3 Å². The summed E-state index contributed by atoms with van der Waals surface area (Å²) in [5, 5.41) is 76.8. The number of hydrogen-bond donors (Lipinski definition) is 7. The third-order valence-electron chi connectivity index (χ3n) is 18.7. The van der Waals surface area contributed by atoms with Crippen LogP contribution in [-0.2, 0) is 42.6 Å². The lowest BCUT2D eigenvalue weighted by atomic mass is 9.47. The second-order valence-corrected chi connectivity index (χ2v) is 22.6. The maximum atomic E-state index is 14.2. The first kappa shape index (κ1) is 51.2. The Balaban J connectivity index is 0.830. The van der Waals surface area contributed by atoms with Gasteiger partial charge in [0.15, 0.2) is 24.7 Å². The van der Waals surface area contributed by atoms with Crippen LogP contribution in [0.3, 0.4) is 0 Å². The van der Waals surface area contributed by atoms with E-state index in [1.165, 1.54) is 12.5 Å². The van der Waals surface area contributed by atoms with Crippen molar-refractivity contribution in [2.24, 2.45) is 46.3 Å². The highest BCUT2D eigenvalue weighted by Crippen LogP contribution is 2.70. The van der Waals surface area contributed by atoms with Crippen LogP contribution >= 0.6 is 0 Å². The molecule has 5 heterocycles. The van der Waals surface area contributed by atoms with Crippen molar-refractivity contribution in [3.63, 3.8) is 0 Å². The molecule has 17 nitrogen and oxygen atoms in total. The number of esters is 1. The fraction of sp³-hybridized carbons (Fsp3) is 0.824. The van der Waals surface area contributed by atoms with Crippen LogP contribution in [0.4, 0.5) is 8.78 Å². The van der Waals surface area contributed by atoms with E-state index >= 15 is 0 Å². The van der Waals surface area contributed by atoms with Gasteiger partial charge in [0, 0.05) is 18.4 Å². The molecule has 5 aliphatic heterocycles. The molecule has 7 N–H and O–H groups in total. The van der Waals surface area contributed by atoms with Gasteiger partial charge in [0.25, 0.3) is 0 Å². The highest BCUT2D eigenvalue weighted by atomic mass is 19.1. The van der Waals surface area contributed by atoms with Crippen molar-refractivity contribution < 1.29 is 92.0 Å². The molecule has 25 atom stereocenters. The Morgan fingerprint density at radius 3 is 2.24 bits per heavy atom. The molecule has 19 heteroatoms. The average molecular weight is 995 g/mol. The summed E-state index contributed by atoms with van der Waals surface area (Å²) in [6, 6.07) is 2.27. The number of allylic oxidation sites excluding steroid dienone is 1. The van der Waals surface area contributed by atoms with Gasteiger partial charge in [-0.2, -0.15) is 0 Å². The lowest BCUT2D eigenvalue weighted by molar-refractivity contribution is -0.380. The van der Waals surface area contributed by atoms with Crippen LogP contribution in [0, 0.1) is 58.0 Å². The monoisotopic (exact) mass is 994 g/mol. The average Bonchev–Trinajstić information content (AvgIpc) is 3.89. The SMILES string of the molecule is CC1C2C(CC3C4CC=C5C[C@@H](O[C@@H]6O[C@H](CO)[C@@H](OC7O[C@@H](COC(=O)c8ccc(F)cc8F)[C@H](O)[C@H]7O)[C@H](O)[C@H]6OC6O[C@@H](C)[C@H](O)[C@@H](O)[C@H]6O)CC[C@]5(C)C4CC[C@@]32C)O[C@]12CC[C@@H](C)CO2. The van der Waals surface area contributed by atoms with Crippen molar-refractivity contribution in [1.29, 1.82) is 0 Å². The number of benzene rings is 1. The van der Waals surface area contributed by atoms with Crippen LogP contribution < -0.4 is 0 Å². The zero-order chi connectivity index (χ0) is 49.8. The molecular formula is C51H72F2O17. The number of ether oxygens (including phenoxy) is 9. The molecule has 10 rings (SSSR count). The van der Waals surface area contributed by atoms with Crippen molar-refractivity contribution in [2.45, 2.75) is 196 Å². The van der Waals surface area contributed by atoms with Crippen molar-refractivity contribution >= 4 is 5.97 Å². The van der Waals surface area contributed by atoms with Crippen LogP contribution in [-0.4, -0.2) is 166 Å². The third kappa shape index (κ3) is 8.71. The summed E-state index contributed by atoms with van der Waals surface area (Å²) in [5.41, 5.74) is 0.829. The molecule has 3 saturated carbocycles. The van der Waals surface area contributed by atoms with Crippen molar-refractivity contribution in [2.75, 3.05) is 19.8 Å². The molecule has 392 valence electrons. The first-order chi connectivity index (χ1) is 33.3. The summed E-state index contributed by atoms with van der Waals surface area (Å²) in [6.45, 7) is 10.3. The maximum absolute atomic E-state index is 14.2. The first-order valence-electron chi connectivity index (χ1n) is 25.5. The Kier molecular flexibility index (Phi) is 14.2. The van der Waals surface area contributed by atoms with E-state index in [0.717, 1.165) is 63.7 Å². The van der Waals surface area contributed by atoms with Crippen molar-refractivity contribution in [1.82, 2.24) is 0 Å². The zero-order valence-electron chi connectivity index (χ0n) is 40.5. The molecule has 0 aromatic heterocycles. The third-order valence-corrected chi connectivity index (χ3v) is 18.7. The Morgan fingerprint density at radius 1 is 0.786 bits per heavy atom. The lowest BCUT2D eigenvalue weighted by Crippen LogP contribution is -2.65. The highest BCUT2D eigenvalue weighted by molar-refractivity contribution is 5.89. The number of aliphatic hydroxyl groups is 7. The number of hydrogen-bond acceptors (Lipinski definition) is 17. The largest absolute Gasteiger partial charge is 0.459 e. The van der Waals surface area contributed by atoms with Crippen LogP contribution in [0.1, 0.15) is 103 Å². The van der Waals surface area contributed by atoms with Crippen LogP contribution in [0.2, 0.25) is 0 Å². The van der Waals surface area contributed by atoms with Gasteiger partial charge in [-0.15, -0.1) is 0 Å². The van der Waals surface area contributed by atoms with Crippen LogP contribution in [0.15, 0.2) is 29.8 Å². The highest BCUT2D eigenvalue weighted by Gasteiger charge is 2.69. The van der Waals surface area contributed by atoms with Gasteiger partial charge < -0.3 is 78.4 Å². The van der Waals surface area contributed by atoms with Gasteiger partial charge in [-0.25, -0.2) is 13.6 Å². The molecule has 8 fully saturated rings. The molecule has 0 radical (unpaired) electrons. The van der Waals surface area contributed by atoms with Gasteiger partial charge in [-0.3, -0.25) is 0 Å². The fourth-order valence-electron chi connectivity index (χ4n) is 14.7.